The minimum Gasteiger partial charge on any atom is -0.457 e. The van der Waals surface area contributed by atoms with Crippen LogP contribution in [0.1, 0.15) is 16.7 Å². The minimum absolute atomic E-state index is 0.261. The van der Waals surface area contributed by atoms with E-state index in [9.17, 15) is 4.39 Å². The third-order valence-electron chi connectivity index (χ3n) is 2.91. The van der Waals surface area contributed by atoms with E-state index in [0.29, 0.717) is 23.6 Å². The van der Waals surface area contributed by atoms with Gasteiger partial charge >= 0.3 is 0 Å². The van der Waals surface area contributed by atoms with Crippen LogP contribution >= 0.6 is 0 Å². The number of hydrogen-bond acceptors (Lipinski definition) is 2. The molecule has 2 aromatic carbocycles. The van der Waals surface area contributed by atoms with Crippen LogP contribution in [0.15, 0.2) is 36.4 Å². The maximum Gasteiger partial charge on any atom is 0.130 e. The van der Waals surface area contributed by atoms with Gasteiger partial charge in [0, 0.05) is 12.6 Å². The second-order valence-corrected chi connectivity index (χ2v) is 4.31. The van der Waals surface area contributed by atoms with E-state index in [1.807, 2.05) is 25.1 Å². The summed E-state index contributed by atoms with van der Waals surface area (Å²) in [5, 5.41) is 0. The summed E-state index contributed by atoms with van der Waals surface area (Å²) in [5.41, 5.74) is 8.36. The Morgan fingerprint density at radius 2 is 1.67 bits per heavy atom. The summed E-state index contributed by atoms with van der Waals surface area (Å²) in [7, 11) is 0. The van der Waals surface area contributed by atoms with Crippen LogP contribution in [-0.4, -0.2) is 0 Å². The highest BCUT2D eigenvalue weighted by Crippen LogP contribution is 2.25. The summed E-state index contributed by atoms with van der Waals surface area (Å²) in [6, 6.07) is 10.5. The SMILES string of the molecule is Cc1ccc(Oc2ccc(CN)c(C)c2)cc1F. The van der Waals surface area contributed by atoms with Crippen molar-refractivity contribution in [1.29, 1.82) is 0 Å². The molecule has 0 aliphatic heterocycles. The molecule has 0 radical (unpaired) electrons. The topological polar surface area (TPSA) is 35.2 Å². The first kappa shape index (κ1) is 12.6. The third kappa shape index (κ3) is 2.68. The summed E-state index contributed by atoms with van der Waals surface area (Å²) < 4.78 is 19.0. The summed E-state index contributed by atoms with van der Waals surface area (Å²) in [6.45, 7) is 4.20. The van der Waals surface area contributed by atoms with Crippen LogP contribution in [0.3, 0.4) is 0 Å². The first-order chi connectivity index (χ1) is 8.60. The molecule has 0 heterocycles. The molecule has 0 aromatic heterocycles. The molecule has 94 valence electrons. The molecule has 2 aromatic rings. The first-order valence-electron chi connectivity index (χ1n) is 5.84. The molecule has 0 bridgehead atoms. The van der Waals surface area contributed by atoms with Crippen molar-refractivity contribution in [3.8, 4) is 11.5 Å². The van der Waals surface area contributed by atoms with Crippen LogP contribution in [0, 0.1) is 19.7 Å². The van der Waals surface area contributed by atoms with Crippen LogP contribution in [0.2, 0.25) is 0 Å². The van der Waals surface area contributed by atoms with Gasteiger partial charge in [-0.05, 0) is 48.7 Å². The second-order valence-electron chi connectivity index (χ2n) is 4.31. The van der Waals surface area contributed by atoms with Crippen molar-refractivity contribution in [2.45, 2.75) is 20.4 Å². The fourth-order valence-corrected chi connectivity index (χ4v) is 1.73. The highest BCUT2D eigenvalue weighted by atomic mass is 19.1. The Morgan fingerprint density at radius 3 is 2.28 bits per heavy atom. The predicted molar refractivity (Wildman–Crippen MR) is 70.3 cm³/mol. The average Bonchev–Trinajstić information content (AvgIpc) is 2.34. The average molecular weight is 245 g/mol. The van der Waals surface area contributed by atoms with E-state index in [4.69, 9.17) is 10.5 Å². The molecule has 0 unspecified atom stereocenters. The largest absolute Gasteiger partial charge is 0.457 e. The molecular formula is C15H16FNO. The van der Waals surface area contributed by atoms with Gasteiger partial charge < -0.3 is 10.5 Å². The first-order valence-corrected chi connectivity index (χ1v) is 5.84. The number of rotatable bonds is 3. The van der Waals surface area contributed by atoms with Crippen LogP contribution in [-0.2, 0) is 6.54 Å². The van der Waals surface area contributed by atoms with Gasteiger partial charge in [-0.3, -0.25) is 0 Å². The molecule has 0 aliphatic rings. The van der Waals surface area contributed by atoms with Crippen molar-refractivity contribution in [1.82, 2.24) is 0 Å². The Kier molecular flexibility index (Phi) is 3.63. The highest BCUT2D eigenvalue weighted by molar-refractivity contribution is 5.38. The van der Waals surface area contributed by atoms with Gasteiger partial charge in [-0.15, -0.1) is 0 Å². The minimum atomic E-state index is -0.261. The van der Waals surface area contributed by atoms with Crippen molar-refractivity contribution >= 4 is 0 Å². The van der Waals surface area contributed by atoms with Crippen LogP contribution in [0.25, 0.3) is 0 Å². The number of nitrogens with two attached hydrogens (primary N) is 1. The maximum absolute atomic E-state index is 13.4. The van der Waals surface area contributed by atoms with Crippen molar-refractivity contribution in [3.05, 3.63) is 58.9 Å². The number of benzene rings is 2. The zero-order valence-corrected chi connectivity index (χ0v) is 10.5. The van der Waals surface area contributed by atoms with Gasteiger partial charge in [-0.1, -0.05) is 12.1 Å². The number of aryl methyl sites for hydroxylation is 2. The quantitative estimate of drug-likeness (QED) is 0.895. The van der Waals surface area contributed by atoms with Gasteiger partial charge in [-0.2, -0.15) is 0 Å². The molecule has 0 saturated heterocycles. The van der Waals surface area contributed by atoms with E-state index >= 15 is 0 Å². The molecular weight excluding hydrogens is 229 g/mol. The monoisotopic (exact) mass is 245 g/mol. The lowest BCUT2D eigenvalue weighted by molar-refractivity contribution is 0.475. The molecule has 18 heavy (non-hydrogen) atoms. The summed E-state index contributed by atoms with van der Waals surface area (Å²) in [4.78, 5) is 0. The Morgan fingerprint density at radius 1 is 1.00 bits per heavy atom. The van der Waals surface area contributed by atoms with Gasteiger partial charge in [0.2, 0.25) is 0 Å². The number of hydrogen-bond donors (Lipinski definition) is 1. The van der Waals surface area contributed by atoms with Gasteiger partial charge in [-0.25, -0.2) is 4.39 Å². The number of ether oxygens (including phenoxy) is 1. The van der Waals surface area contributed by atoms with Gasteiger partial charge in [0.05, 0.1) is 0 Å². The highest BCUT2D eigenvalue weighted by Gasteiger charge is 2.03. The maximum atomic E-state index is 13.4. The van der Waals surface area contributed by atoms with Crippen molar-refractivity contribution in [2.75, 3.05) is 0 Å². The number of halogens is 1. The lowest BCUT2D eigenvalue weighted by Gasteiger charge is -2.09. The smallest absolute Gasteiger partial charge is 0.130 e. The van der Waals surface area contributed by atoms with Gasteiger partial charge in [0.15, 0.2) is 0 Å². The lowest BCUT2D eigenvalue weighted by atomic mass is 10.1. The fourth-order valence-electron chi connectivity index (χ4n) is 1.73. The van der Waals surface area contributed by atoms with Crippen molar-refractivity contribution < 1.29 is 9.13 Å². The molecule has 2 rings (SSSR count). The molecule has 2 nitrogen and oxygen atoms in total. The van der Waals surface area contributed by atoms with Crippen LogP contribution in [0.4, 0.5) is 4.39 Å². The molecule has 0 fully saturated rings. The zero-order valence-electron chi connectivity index (χ0n) is 10.5. The predicted octanol–water partition coefficient (Wildman–Crippen LogP) is 3.69. The normalized spacial score (nSPS) is 10.4. The van der Waals surface area contributed by atoms with Crippen molar-refractivity contribution in [2.24, 2.45) is 5.73 Å². The molecule has 3 heteroatoms. The Balaban J connectivity index is 2.23. The molecule has 0 saturated carbocycles. The van der Waals surface area contributed by atoms with E-state index in [1.165, 1.54) is 6.07 Å². The molecule has 0 aliphatic carbocycles. The van der Waals surface area contributed by atoms with E-state index in [1.54, 1.807) is 19.1 Å². The summed E-state index contributed by atoms with van der Waals surface area (Å²) in [5.74, 6) is 0.925. The van der Waals surface area contributed by atoms with E-state index in [-0.39, 0.29) is 5.82 Å². The van der Waals surface area contributed by atoms with Crippen LogP contribution in [0.5, 0.6) is 11.5 Å². The summed E-state index contributed by atoms with van der Waals surface area (Å²) in [6.07, 6.45) is 0. The third-order valence-corrected chi connectivity index (χ3v) is 2.91. The van der Waals surface area contributed by atoms with Crippen molar-refractivity contribution in [3.63, 3.8) is 0 Å². The Labute approximate surface area is 106 Å². The van der Waals surface area contributed by atoms with E-state index in [0.717, 1.165) is 11.1 Å². The Hall–Kier alpha value is -1.87. The fraction of sp³-hybridized carbons (Fsp3) is 0.200. The van der Waals surface area contributed by atoms with Gasteiger partial charge in [0.1, 0.15) is 17.3 Å². The summed E-state index contributed by atoms with van der Waals surface area (Å²) >= 11 is 0. The molecule has 0 amide bonds. The molecule has 2 N–H and O–H groups in total. The molecule has 0 spiro atoms. The van der Waals surface area contributed by atoms with Gasteiger partial charge in [0.25, 0.3) is 0 Å². The van der Waals surface area contributed by atoms with E-state index in [2.05, 4.69) is 0 Å². The van der Waals surface area contributed by atoms with Crippen LogP contribution < -0.4 is 10.5 Å². The Bertz CT molecular complexity index is 566. The standard InChI is InChI=1S/C15H16FNO/c1-10-3-5-14(8-15(10)16)18-13-6-4-12(9-17)11(2)7-13/h3-8H,9,17H2,1-2H3. The zero-order chi connectivity index (χ0) is 13.1. The van der Waals surface area contributed by atoms with E-state index < -0.39 is 0 Å². The molecule has 0 atom stereocenters. The lowest BCUT2D eigenvalue weighted by Crippen LogP contribution is -1.99. The second kappa shape index (κ2) is 5.19.